The van der Waals surface area contributed by atoms with Crippen molar-refractivity contribution < 1.29 is 17.9 Å². The third kappa shape index (κ3) is 4.27. The van der Waals surface area contributed by atoms with Crippen molar-refractivity contribution in [2.75, 3.05) is 31.6 Å². The summed E-state index contributed by atoms with van der Waals surface area (Å²) in [5, 5.41) is 3.20. The number of halogens is 1. The summed E-state index contributed by atoms with van der Waals surface area (Å²) in [6, 6.07) is 7.79. The first kappa shape index (κ1) is 20.5. The Morgan fingerprint density at radius 2 is 1.93 bits per heavy atom. The standard InChI is InChI=1S/C18H20ClN3O5S/c1-13-14(19)4-2-5-15(13)20-17(23)12-21-7-3-6-16(18(21)24)28(25,26)22-8-10-27-11-9-22/h2-7H,8-12H2,1H3,(H,20,23). The van der Waals surface area contributed by atoms with E-state index in [9.17, 15) is 18.0 Å². The van der Waals surface area contributed by atoms with Crippen LogP contribution < -0.4 is 10.9 Å². The van der Waals surface area contributed by atoms with E-state index >= 15 is 0 Å². The molecule has 1 aliphatic heterocycles. The molecular weight excluding hydrogens is 406 g/mol. The summed E-state index contributed by atoms with van der Waals surface area (Å²) < 4.78 is 33.0. The number of anilines is 1. The maximum Gasteiger partial charge on any atom is 0.271 e. The number of carbonyl (C=O) groups is 1. The van der Waals surface area contributed by atoms with E-state index in [1.54, 1.807) is 25.1 Å². The molecule has 1 aromatic heterocycles. The van der Waals surface area contributed by atoms with Crippen molar-refractivity contribution in [1.82, 2.24) is 8.87 Å². The summed E-state index contributed by atoms with van der Waals surface area (Å²) >= 11 is 6.04. The van der Waals surface area contributed by atoms with Gasteiger partial charge in [-0.3, -0.25) is 9.59 Å². The average molecular weight is 426 g/mol. The zero-order chi connectivity index (χ0) is 20.3. The Hall–Kier alpha value is -2.20. The van der Waals surface area contributed by atoms with Crippen LogP contribution in [0.25, 0.3) is 0 Å². The Bertz CT molecular complexity index is 1050. The Labute approximate surface area is 167 Å². The first-order chi connectivity index (χ1) is 13.3. The molecule has 10 heteroatoms. The smallest absolute Gasteiger partial charge is 0.271 e. The molecular formula is C18H20ClN3O5S. The average Bonchev–Trinajstić information content (AvgIpc) is 2.67. The molecule has 0 radical (unpaired) electrons. The van der Waals surface area contributed by atoms with Gasteiger partial charge in [-0.1, -0.05) is 17.7 Å². The maximum atomic E-state index is 12.8. The molecule has 150 valence electrons. The second-order valence-corrected chi connectivity index (χ2v) is 8.60. The van der Waals surface area contributed by atoms with Crippen molar-refractivity contribution in [3.05, 3.63) is 57.5 Å². The number of pyridine rings is 1. The highest BCUT2D eigenvalue weighted by Gasteiger charge is 2.29. The lowest BCUT2D eigenvalue weighted by molar-refractivity contribution is -0.116. The largest absolute Gasteiger partial charge is 0.379 e. The molecule has 0 spiro atoms. The molecule has 1 saturated heterocycles. The van der Waals surface area contributed by atoms with Gasteiger partial charge < -0.3 is 14.6 Å². The van der Waals surface area contributed by atoms with Crippen molar-refractivity contribution in [3.8, 4) is 0 Å². The summed E-state index contributed by atoms with van der Waals surface area (Å²) in [7, 11) is -3.95. The van der Waals surface area contributed by atoms with E-state index in [4.69, 9.17) is 16.3 Å². The van der Waals surface area contributed by atoms with Crippen molar-refractivity contribution in [3.63, 3.8) is 0 Å². The monoisotopic (exact) mass is 425 g/mol. The van der Waals surface area contributed by atoms with E-state index in [1.807, 2.05) is 0 Å². The SMILES string of the molecule is Cc1c(Cl)cccc1NC(=O)Cn1cccc(S(=O)(=O)N2CCOCC2)c1=O. The van der Waals surface area contributed by atoms with E-state index in [0.717, 1.165) is 4.57 Å². The highest BCUT2D eigenvalue weighted by atomic mass is 35.5. The minimum absolute atomic E-state index is 0.186. The topological polar surface area (TPSA) is 97.7 Å². The van der Waals surface area contributed by atoms with Crippen molar-refractivity contribution >= 4 is 33.2 Å². The second kappa shape index (κ2) is 8.44. The van der Waals surface area contributed by atoms with Crippen LogP contribution in [0.5, 0.6) is 0 Å². The Morgan fingerprint density at radius 3 is 2.64 bits per heavy atom. The van der Waals surface area contributed by atoms with Crippen LogP contribution in [-0.2, 0) is 26.1 Å². The van der Waals surface area contributed by atoms with Crippen LogP contribution >= 0.6 is 11.6 Å². The van der Waals surface area contributed by atoms with E-state index < -0.39 is 21.5 Å². The second-order valence-electron chi connectivity index (χ2n) is 6.28. The van der Waals surface area contributed by atoms with Crippen LogP contribution in [0, 0.1) is 6.92 Å². The lowest BCUT2D eigenvalue weighted by Crippen LogP contribution is -2.43. The number of morpholine rings is 1. The number of ether oxygens (including phenoxy) is 1. The summed E-state index contributed by atoms with van der Waals surface area (Å²) in [4.78, 5) is 24.7. The molecule has 2 aromatic rings. The van der Waals surface area contributed by atoms with Gasteiger partial charge in [0.05, 0.1) is 13.2 Å². The van der Waals surface area contributed by atoms with E-state index in [0.29, 0.717) is 16.3 Å². The quantitative estimate of drug-likeness (QED) is 0.782. The Balaban J connectivity index is 1.82. The predicted octanol–water partition coefficient (Wildman–Crippen LogP) is 1.47. The number of amides is 1. The molecule has 1 N–H and O–H groups in total. The number of nitrogens with zero attached hydrogens (tertiary/aromatic N) is 2. The van der Waals surface area contributed by atoms with Crippen LogP contribution in [0.15, 0.2) is 46.2 Å². The number of benzene rings is 1. The van der Waals surface area contributed by atoms with E-state index in [2.05, 4.69) is 5.32 Å². The lowest BCUT2D eigenvalue weighted by Gasteiger charge is -2.25. The number of rotatable bonds is 5. The molecule has 2 heterocycles. The van der Waals surface area contributed by atoms with Gasteiger partial charge in [0, 0.05) is 30.0 Å². The molecule has 1 aromatic carbocycles. The fourth-order valence-corrected chi connectivity index (χ4v) is 4.52. The van der Waals surface area contributed by atoms with E-state index in [-0.39, 0.29) is 37.7 Å². The highest BCUT2D eigenvalue weighted by Crippen LogP contribution is 2.22. The summed E-state index contributed by atoms with van der Waals surface area (Å²) in [6.07, 6.45) is 1.38. The van der Waals surface area contributed by atoms with E-state index in [1.165, 1.54) is 22.6 Å². The fourth-order valence-electron chi connectivity index (χ4n) is 2.85. The fraction of sp³-hybridized carbons (Fsp3) is 0.333. The van der Waals surface area contributed by atoms with Crippen LogP contribution in [0.1, 0.15) is 5.56 Å². The number of hydrogen-bond acceptors (Lipinski definition) is 5. The molecule has 8 nitrogen and oxygen atoms in total. The molecule has 1 fully saturated rings. The zero-order valence-electron chi connectivity index (χ0n) is 15.2. The van der Waals surface area contributed by atoms with Gasteiger partial charge >= 0.3 is 0 Å². The van der Waals surface area contributed by atoms with Crippen LogP contribution in [-0.4, -0.2) is 49.5 Å². The zero-order valence-corrected chi connectivity index (χ0v) is 16.8. The first-order valence-electron chi connectivity index (χ1n) is 8.63. The number of sulfonamides is 1. The summed E-state index contributed by atoms with van der Waals surface area (Å²) in [5.74, 6) is -0.464. The molecule has 0 bridgehead atoms. The van der Waals surface area contributed by atoms with Crippen molar-refractivity contribution in [1.29, 1.82) is 0 Å². The van der Waals surface area contributed by atoms with Gasteiger partial charge in [-0.25, -0.2) is 8.42 Å². The van der Waals surface area contributed by atoms with Crippen molar-refractivity contribution in [2.24, 2.45) is 0 Å². The first-order valence-corrected chi connectivity index (χ1v) is 10.4. The van der Waals surface area contributed by atoms with Crippen LogP contribution in [0.2, 0.25) is 5.02 Å². The number of carbonyl (C=O) groups excluding carboxylic acids is 1. The minimum atomic E-state index is -3.95. The highest BCUT2D eigenvalue weighted by molar-refractivity contribution is 7.89. The maximum absolute atomic E-state index is 12.8. The third-order valence-electron chi connectivity index (χ3n) is 4.43. The molecule has 1 amide bonds. The molecule has 0 unspecified atom stereocenters. The Morgan fingerprint density at radius 1 is 1.21 bits per heavy atom. The number of nitrogens with one attached hydrogen (secondary N) is 1. The van der Waals surface area contributed by atoms with Gasteiger partial charge in [0.25, 0.3) is 5.56 Å². The minimum Gasteiger partial charge on any atom is -0.379 e. The molecule has 1 aliphatic rings. The van der Waals surface area contributed by atoms with Gasteiger partial charge in [-0.15, -0.1) is 0 Å². The van der Waals surface area contributed by atoms with Crippen LogP contribution in [0.4, 0.5) is 5.69 Å². The molecule has 0 aliphatic carbocycles. The normalized spacial score (nSPS) is 15.4. The van der Waals surface area contributed by atoms with Crippen molar-refractivity contribution in [2.45, 2.75) is 18.4 Å². The molecule has 0 atom stereocenters. The third-order valence-corrected chi connectivity index (χ3v) is 6.75. The van der Waals surface area contributed by atoms with Gasteiger partial charge in [0.1, 0.15) is 11.4 Å². The lowest BCUT2D eigenvalue weighted by atomic mass is 10.2. The van der Waals surface area contributed by atoms with Gasteiger partial charge in [-0.05, 0) is 36.8 Å². The van der Waals surface area contributed by atoms with Gasteiger partial charge in [0.2, 0.25) is 15.9 Å². The molecule has 3 rings (SSSR count). The van der Waals surface area contributed by atoms with Gasteiger partial charge in [0.15, 0.2) is 0 Å². The molecule has 28 heavy (non-hydrogen) atoms. The molecule has 0 saturated carbocycles. The number of hydrogen-bond donors (Lipinski definition) is 1. The summed E-state index contributed by atoms with van der Waals surface area (Å²) in [6.45, 7) is 2.37. The summed E-state index contributed by atoms with van der Waals surface area (Å²) in [5.41, 5.74) is 0.489. The van der Waals surface area contributed by atoms with Crippen LogP contribution in [0.3, 0.4) is 0 Å². The Kier molecular flexibility index (Phi) is 6.19. The van der Waals surface area contributed by atoms with Gasteiger partial charge in [-0.2, -0.15) is 4.31 Å². The number of aromatic nitrogens is 1. The predicted molar refractivity (Wildman–Crippen MR) is 105 cm³/mol.